The van der Waals surface area contributed by atoms with Crippen LogP contribution in [-0.2, 0) is 0 Å². The van der Waals surface area contributed by atoms with E-state index in [0.29, 0.717) is 0 Å². The summed E-state index contributed by atoms with van der Waals surface area (Å²) in [4.78, 5) is 4.46. The van der Waals surface area contributed by atoms with Crippen molar-refractivity contribution in [1.29, 1.82) is 0 Å². The molecule has 0 heterocycles. The van der Waals surface area contributed by atoms with Crippen LogP contribution in [0.5, 0.6) is 0 Å². The number of nitrogens with zero attached hydrogens (tertiary/aromatic N) is 2. The van der Waals surface area contributed by atoms with Crippen LogP contribution < -0.4 is 9.80 Å². The summed E-state index contributed by atoms with van der Waals surface area (Å²) in [6, 6.07) is 41.4. The van der Waals surface area contributed by atoms with Crippen LogP contribution in [0.15, 0.2) is 147 Å². The van der Waals surface area contributed by atoms with E-state index in [4.69, 9.17) is 0 Å². The van der Waals surface area contributed by atoms with Gasteiger partial charge in [0.2, 0.25) is 0 Å². The zero-order valence-corrected chi connectivity index (χ0v) is 18.9. The Morgan fingerprint density at radius 1 is 0.424 bits per heavy atom. The highest BCUT2D eigenvalue weighted by atomic mass is 16.0. The standard InChI is InChI=1S/2C15H15N.H2O/c2*1-2-13-16(14-9-5-3-6-10-14)15-11-7-4-8-12-15;/h2*2-12H,1,13H2;1H2. The van der Waals surface area contributed by atoms with Crippen LogP contribution in [0.25, 0.3) is 0 Å². The molecule has 0 atom stereocenters. The van der Waals surface area contributed by atoms with Crippen LogP contribution in [0.3, 0.4) is 0 Å². The van der Waals surface area contributed by atoms with E-state index in [9.17, 15) is 0 Å². The highest BCUT2D eigenvalue weighted by Gasteiger charge is 2.06. The van der Waals surface area contributed by atoms with Crippen molar-refractivity contribution < 1.29 is 5.48 Å². The lowest BCUT2D eigenvalue weighted by Gasteiger charge is -2.23. The molecule has 0 unspecified atom stereocenters. The van der Waals surface area contributed by atoms with Crippen molar-refractivity contribution in [3.8, 4) is 0 Å². The molecule has 0 saturated heterocycles. The maximum Gasteiger partial charge on any atom is 0.0413 e. The number of rotatable bonds is 8. The summed E-state index contributed by atoms with van der Waals surface area (Å²) in [5, 5.41) is 0. The lowest BCUT2D eigenvalue weighted by atomic mass is 10.2. The van der Waals surface area contributed by atoms with Crippen molar-refractivity contribution in [3.63, 3.8) is 0 Å². The molecule has 2 N–H and O–H groups in total. The Hall–Kier alpha value is -4.08. The molecular formula is C30H32N2O. The molecule has 0 radical (unpaired) electrons. The fourth-order valence-corrected chi connectivity index (χ4v) is 3.41. The normalized spacial score (nSPS) is 9.45. The third-order valence-electron chi connectivity index (χ3n) is 4.89. The molecule has 4 aromatic carbocycles. The van der Waals surface area contributed by atoms with Gasteiger partial charge in [-0.1, -0.05) is 84.9 Å². The average Bonchev–Trinajstić information content (AvgIpc) is 2.88. The second-order valence-electron chi connectivity index (χ2n) is 7.14. The van der Waals surface area contributed by atoms with Gasteiger partial charge in [-0.05, 0) is 48.5 Å². The van der Waals surface area contributed by atoms with Gasteiger partial charge in [0.05, 0.1) is 0 Å². The molecule has 0 aliphatic carbocycles. The van der Waals surface area contributed by atoms with Crippen molar-refractivity contribution in [2.24, 2.45) is 0 Å². The lowest BCUT2D eigenvalue weighted by molar-refractivity contribution is 0.824. The van der Waals surface area contributed by atoms with Gasteiger partial charge < -0.3 is 15.3 Å². The van der Waals surface area contributed by atoms with E-state index >= 15 is 0 Å². The fourth-order valence-electron chi connectivity index (χ4n) is 3.41. The van der Waals surface area contributed by atoms with E-state index in [-0.39, 0.29) is 5.48 Å². The largest absolute Gasteiger partial charge is 0.412 e. The fraction of sp³-hybridized carbons (Fsp3) is 0.0667. The predicted octanol–water partition coefficient (Wildman–Crippen LogP) is 7.20. The van der Waals surface area contributed by atoms with Crippen molar-refractivity contribution in [3.05, 3.63) is 147 Å². The topological polar surface area (TPSA) is 38.0 Å². The van der Waals surface area contributed by atoms with Crippen LogP contribution in [-0.4, -0.2) is 18.6 Å². The van der Waals surface area contributed by atoms with E-state index < -0.39 is 0 Å². The molecule has 4 rings (SSSR count). The van der Waals surface area contributed by atoms with Crippen molar-refractivity contribution >= 4 is 22.7 Å². The van der Waals surface area contributed by atoms with E-state index in [1.807, 2.05) is 84.9 Å². The monoisotopic (exact) mass is 436 g/mol. The summed E-state index contributed by atoms with van der Waals surface area (Å²) in [7, 11) is 0. The molecule has 0 aromatic heterocycles. The maximum atomic E-state index is 3.81. The first-order valence-electron chi connectivity index (χ1n) is 10.8. The van der Waals surface area contributed by atoms with Gasteiger partial charge in [-0.25, -0.2) is 0 Å². The molecule has 168 valence electrons. The molecule has 0 bridgehead atoms. The van der Waals surface area contributed by atoms with Crippen molar-refractivity contribution in [1.82, 2.24) is 0 Å². The Morgan fingerprint density at radius 3 is 0.818 bits per heavy atom. The number of hydrogen-bond acceptors (Lipinski definition) is 2. The maximum absolute atomic E-state index is 3.81. The van der Waals surface area contributed by atoms with Crippen LogP contribution in [0.1, 0.15) is 0 Å². The van der Waals surface area contributed by atoms with Crippen molar-refractivity contribution in [2.45, 2.75) is 0 Å². The summed E-state index contributed by atoms with van der Waals surface area (Å²) in [6.45, 7) is 9.25. The molecule has 0 spiro atoms. The van der Waals surface area contributed by atoms with Gasteiger partial charge in [-0.2, -0.15) is 0 Å². The van der Waals surface area contributed by atoms with E-state index in [0.717, 1.165) is 13.1 Å². The number of benzene rings is 4. The zero-order valence-electron chi connectivity index (χ0n) is 18.9. The van der Waals surface area contributed by atoms with Crippen LogP contribution in [0, 0.1) is 0 Å². The third kappa shape index (κ3) is 7.53. The Labute approximate surface area is 197 Å². The van der Waals surface area contributed by atoms with Crippen molar-refractivity contribution in [2.75, 3.05) is 22.9 Å². The van der Waals surface area contributed by atoms with Gasteiger partial charge in [-0.15, -0.1) is 13.2 Å². The predicted molar refractivity (Wildman–Crippen MR) is 144 cm³/mol. The SMILES string of the molecule is C=CCN(c1ccccc1)c1ccccc1.C=CCN(c1ccccc1)c1ccccc1.O. The molecule has 4 aromatic rings. The van der Waals surface area contributed by atoms with Gasteiger partial charge in [0.15, 0.2) is 0 Å². The molecule has 3 nitrogen and oxygen atoms in total. The van der Waals surface area contributed by atoms with E-state index in [1.54, 1.807) is 0 Å². The first-order chi connectivity index (χ1) is 15.8. The minimum absolute atomic E-state index is 0. The average molecular weight is 437 g/mol. The summed E-state index contributed by atoms with van der Waals surface area (Å²) < 4.78 is 0. The van der Waals surface area contributed by atoms with Gasteiger partial charge in [-0.3, -0.25) is 0 Å². The Morgan fingerprint density at radius 2 is 0.636 bits per heavy atom. The van der Waals surface area contributed by atoms with E-state index in [2.05, 4.69) is 71.5 Å². The van der Waals surface area contributed by atoms with Gasteiger partial charge in [0.1, 0.15) is 0 Å². The first-order valence-corrected chi connectivity index (χ1v) is 10.8. The molecule has 0 saturated carbocycles. The zero-order chi connectivity index (χ0) is 22.4. The molecule has 0 fully saturated rings. The number of para-hydroxylation sites is 4. The Bertz CT molecular complexity index is 883. The summed E-state index contributed by atoms with van der Waals surface area (Å²) >= 11 is 0. The Kier molecular flexibility index (Phi) is 10.7. The van der Waals surface area contributed by atoms with Gasteiger partial charge >= 0.3 is 0 Å². The molecule has 0 amide bonds. The van der Waals surface area contributed by atoms with Crippen LogP contribution in [0.4, 0.5) is 22.7 Å². The van der Waals surface area contributed by atoms with Crippen LogP contribution >= 0.6 is 0 Å². The van der Waals surface area contributed by atoms with Crippen LogP contribution in [0.2, 0.25) is 0 Å². The second kappa shape index (κ2) is 14.1. The molecule has 3 heteroatoms. The smallest absolute Gasteiger partial charge is 0.0413 e. The van der Waals surface area contributed by atoms with Gasteiger partial charge in [0.25, 0.3) is 0 Å². The minimum atomic E-state index is 0. The molecule has 0 aliphatic heterocycles. The molecule has 0 aliphatic rings. The molecular weight excluding hydrogens is 404 g/mol. The van der Waals surface area contributed by atoms with Gasteiger partial charge in [0, 0.05) is 35.8 Å². The minimum Gasteiger partial charge on any atom is -0.412 e. The number of hydrogen-bond donors (Lipinski definition) is 0. The summed E-state index contributed by atoms with van der Waals surface area (Å²) in [5.74, 6) is 0. The second-order valence-corrected chi connectivity index (χ2v) is 7.14. The highest BCUT2D eigenvalue weighted by molar-refractivity contribution is 5.64. The Balaban J connectivity index is 0.000000227. The molecule has 33 heavy (non-hydrogen) atoms. The quantitative estimate of drug-likeness (QED) is 0.274. The first kappa shape index (κ1) is 25.2. The highest BCUT2D eigenvalue weighted by Crippen LogP contribution is 2.25. The summed E-state index contributed by atoms with van der Waals surface area (Å²) in [5.41, 5.74) is 4.75. The summed E-state index contributed by atoms with van der Waals surface area (Å²) in [6.07, 6.45) is 3.83. The number of anilines is 4. The third-order valence-corrected chi connectivity index (χ3v) is 4.89. The lowest BCUT2D eigenvalue weighted by Crippen LogP contribution is -2.16. The van der Waals surface area contributed by atoms with E-state index in [1.165, 1.54) is 22.7 Å².